The van der Waals surface area contributed by atoms with Crippen molar-refractivity contribution in [2.75, 3.05) is 38.0 Å². The van der Waals surface area contributed by atoms with Gasteiger partial charge in [0.1, 0.15) is 23.1 Å². The number of amidine groups is 1. The molecule has 1 fully saturated rings. The van der Waals surface area contributed by atoms with Crippen molar-refractivity contribution in [1.82, 2.24) is 9.80 Å². The topological polar surface area (TPSA) is 57.2 Å². The molecule has 0 atom stereocenters. The van der Waals surface area contributed by atoms with Crippen LogP contribution >= 0.6 is 0 Å². The fraction of sp³-hybridized carbons (Fsp3) is 0.231. The van der Waals surface area contributed by atoms with E-state index >= 15 is 0 Å². The molecule has 6 nitrogen and oxygen atoms in total. The lowest BCUT2D eigenvalue weighted by Gasteiger charge is -2.36. The lowest BCUT2D eigenvalue weighted by atomic mass is 10.1. The Labute approximate surface area is 192 Å². The minimum Gasteiger partial charge on any atom is -0.454 e. The number of aliphatic imine (C=N–C) groups is 1. The average molecular weight is 445 g/mol. The highest BCUT2D eigenvalue weighted by atomic mass is 19.1. The van der Waals surface area contributed by atoms with Crippen LogP contribution in [0.15, 0.2) is 71.7 Å². The minimum atomic E-state index is -0.556. The molecule has 0 radical (unpaired) electrons. The third kappa shape index (κ3) is 4.32. The number of para-hydroxylation sites is 2. The molecule has 2 aliphatic heterocycles. The molecule has 2 heterocycles. The number of likely N-dealkylation sites (N-methyl/N-ethyl adjacent to an activating group) is 1. The summed E-state index contributed by atoms with van der Waals surface area (Å²) in [4.78, 5) is 22.3. The fourth-order valence-corrected chi connectivity index (χ4v) is 4.16. The molecule has 1 amide bonds. The Morgan fingerprint density at radius 1 is 1.00 bits per heavy atom. The molecule has 5 rings (SSSR count). The van der Waals surface area contributed by atoms with Gasteiger partial charge in [-0.15, -0.1) is 0 Å². The molecule has 2 aliphatic rings. The lowest BCUT2D eigenvalue weighted by Crippen LogP contribution is -2.48. The number of piperazine rings is 1. The average Bonchev–Trinajstić information content (AvgIpc) is 3.01. The monoisotopic (exact) mass is 444 g/mol. The first-order chi connectivity index (χ1) is 16.1. The summed E-state index contributed by atoms with van der Waals surface area (Å²) in [5, 5.41) is 2.81. The summed E-state index contributed by atoms with van der Waals surface area (Å²) in [6.07, 6.45) is 0. The van der Waals surface area contributed by atoms with Crippen molar-refractivity contribution in [3.8, 4) is 11.5 Å². The van der Waals surface area contributed by atoms with Crippen LogP contribution in [0.25, 0.3) is 0 Å². The van der Waals surface area contributed by atoms with Crippen molar-refractivity contribution in [2.45, 2.75) is 6.92 Å². The number of fused-ring (bicyclic) bond motifs is 2. The highest BCUT2D eigenvalue weighted by molar-refractivity contribution is 6.07. The smallest absolute Gasteiger partial charge is 0.258 e. The molecular weight excluding hydrogens is 419 g/mol. The zero-order chi connectivity index (χ0) is 22.8. The predicted molar refractivity (Wildman–Crippen MR) is 127 cm³/mol. The number of halogens is 1. The van der Waals surface area contributed by atoms with E-state index in [-0.39, 0.29) is 5.56 Å². The molecule has 1 N–H and O–H groups in total. The van der Waals surface area contributed by atoms with Crippen molar-refractivity contribution >= 4 is 23.1 Å². The van der Waals surface area contributed by atoms with Crippen LogP contribution in [0.5, 0.6) is 11.5 Å². The van der Waals surface area contributed by atoms with Gasteiger partial charge in [0.05, 0.1) is 11.1 Å². The maximum atomic E-state index is 14.1. The van der Waals surface area contributed by atoms with Gasteiger partial charge in [-0.1, -0.05) is 31.2 Å². The van der Waals surface area contributed by atoms with E-state index in [0.29, 0.717) is 17.2 Å². The van der Waals surface area contributed by atoms with Gasteiger partial charge in [0.25, 0.3) is 5.91 Å². The van der Waals surface area contributed by atoms with Gasteiger partial charge in [-0.2, -0.15) is 0 Å². The van der Waals surface area contributed by atoms with Crippen LogP contribution in [0.1, 0.15) is 22.8 Å². The Balaban J connectivity index is 1.51. The Bertz CT molecular complexity index is 1220. The number of benzene rings is 3. The SMILES string of the molecule is CCN1CCN(C2=Nc3ccccc3Oc3ccc(NC(=O)c4ccccc4F)cc32)CC1. The second-order valence-corrected chi connectivity index (χ2v) is 8.07. The first-order valence-electron chi connectivity index (χ1n) is 11.2. The summed E-state index contributed by atoms with van der Waals surface area (Å²) < 4.78 is 20.3. The van der Waals surface area contributed by atoms with Gasteiger partial charge < -0.3 is 19.9 Å². The summed E-state index contributed by atoms with van der Waals surface area (Å²) in [7, 11) is 0. The van der Waals surface area contributed by atoms with Crippen LogP contribution in [0.3, 0.4) is 0 Å². The van der Waals surface area contributed by atoms with E-state index in [4.69, 9.17) is 9.73 Å². The van der Waals surface area contributed by atoms with Gasteiger partial charge in [0.2, 0.25) is 0 Å². The van der Waals surface area contributed by atoms with E-state index < -0.39 is 11.7 Å². The summed E-state index contributed by atoms with van der Waals surface area (Å²) in [5.74, 6) is 1.11. The first kappa shape index (κ1) is 21.2. The van der Waals surface area contributed by atoms with Gasteiger partial charge >= 0.3 is 0 Å². The van der Waals surface area contributed by atoms with Crippen molar-refractivity contribution in [3.63, 3.8) is 0 Å². The zero-order valence-electron chi connectivity index (χ0n) is 18.4. The number of hydrogen-bond donors (Lipinski definition) is 1. The van der Waals surface area contributed by atoms with E-state index in [0.717, 1.165) is 49.8 Å². The van der Waals surface area contributed by atoms with Crippen LogP contribution in [0.4, 0.5) is 15.8 Å². The molecular formula is C26H25FN4O2. The quantitative estimate of drug-likeness (QED) is 0.624. The third-order valence-corrected chi connectivity index (χ3v) is 6.03. The highest BCUT2D eigenvalue weighted by Crippen LogP contribution is 2.39. The maximum Gasteiger partial charge on any atom is 0.258 e. The Morgan fingerprint density at radius 2 is 1.76 bits per heavy atom. The second kappa shape index (κ2) is 9.03. The molecule has 168 valence electrons. The number of anilines is 1. The number of amides is 1. The molecule has 3 aromatic carbocycles. The lowest BCUT2D eigenvalue weighted by molar-refractivity contribution is 0.102. The Hall–Kier alpha value is -3.71. The van der Waals surface area contributed by atoms with Crippen LogP contribution < -0.4 is 10.1 Å². The van der Waals surface area contributed by atoms with Gasteiger partial charge in [-0.25, -0.2) is 9.38 Å². The third-order valence-electron chi connectivity index (χ3n) is 6.03. The second-order valence-electron chi connectivity index (χ2n) is 8.07. The van der Waals surface area contributed by atoms with Crippen molar-refractivity contribution < 1.29 is 13.9 Å². The first-order valence-corrected chi connectivity index (χ1v) is 11.2. The highest BCUT2D eigenvalue weighted by Gasteiger charge is 2.26. The molecule has 0 aliphatic carbocycles. The van der Waals surface area contributed by atoms with Gasteiger partial charge in [0.15, 0.2) is 5.75 Å². The van der Waals surface area contributed by atoms with Crippen LogP contribution in [-0.2, 0) is 0 Å². The summed E-state index contributed by atoms with van der Waals surface area (Å²) in [6, 6.07) is 19.1. The summed E-state index contributed by atoms with van der Waals surface area (Å²) in [6.45, 7) is 6.80. The molecule has 0 aromatic heterocycles. The van der Waals surface area contributed by atoms with Crippen LogP contribution in [0.2, 0.25) is 0 Å². The number of nitrogens with zero attached hydrogens (tertiary/aromatic N) is 3. The van der Waals surface area contributed by atoms with E-state index in [2.05, 4.69) is 22.0 Å². The zero-order valence-corrected chi connectivity index (χ0v) is 18.4. The summed E-state index contributed by atoms with van der Waals surface area (Å²) in [5.41, 5.74) is 2.11. The van der Waals surface area contributed by atoms with Crippen molar-refractivity contribution in [3.05, 3.63) is 83.7 Å². The molecule has 7 heteroatoms. The maximum absolute atomic E-state index is 14.1. The fourth-order valence-electron chi connectivity index (χ4n) is 4.16. The van der Waals surface area contributed by atoms with Crippen LogP contribution in [-0.4, -0.2) is 54.3 Å². The van der Waals surface area contributed by atoms with Crippen LogP contribution in [0, 0.1) is 5.82 Å². The van der Waals surface area contributed by atoms with Gasteiger partial charge in [-0.05, 0) is 49.0 Å². The van der Waals surface area contributed by atoms with E-state index in [9.17, 15) is 9.18 Å². The predicted octanol–water partition coefficient (Wildman–Crippen LogP) is 4.90. The summed E-state index contributed by atoms with van der Waals surface area (Å²) >= 11 is 0. The van der Waals surface area contributed by atoms with Crippen molar-refractivity contribution in [2.24, 2.45) is 4.99 Å². The number of hydrogen-bond acceptors (Lipinski definition) is 5. The number of rotatable bonds is 3. The van der Waals surface area contributed by atoms with E-state index in [1.54, 1.807) is 18.2 Å². The molecule has 0 spiro atoms. The van der Waals surface area contributed by atoms with Crippen molar-refractivity contribution in [1.29, 1.82) is 0 Å². The van der Waals surface area contributed by atoms with Gasteiger partial charge in [-0.3, -0.25) is 4.79 Å². The normalized spacial score (nSPS) is 15.6. The number of ether oxygens (including phenoxy) is 1. The molecule has 0 saturated carbocycles. The Kier molecular flexibility index (Phi) is 5.79. The number of carbonyl (C=O) groups excluding carboxylic acids is 1. The van der Waals surface area contributed by atoms with Gasteiger partial charge in [0, 0.05) is 31.9 Å². The van der Waals surface area contributed by atoms with E-state index in [1.807, 2.05) is 36.4 Å². The molecule has 0 unspecified atom stereocenters. The molecule has 3 aromatic rings. The Morgan fingerprint density at radius 3 is 2.55 bits per heavy atom. The van der Waals surface area contributed by atoms with E-state index in [1.165, 1.54) is 12.1 Å². The largest absolute Gasteiger partial charge is 0.454 e. The standard InChI is InChI=1S/C26H25FN4O2/c1-2-30-13-15-31(16-14-30)25-20-17-18(28-26(32)19-7-3-4-8-21(19)27)11-12-23(20)33-24-10-6-5-9-22(24)29-25/h3-12,17H,2,13-16H2,1H3,(H,28,32). The number of carbonyl (C=O) groups is 1. The molecule has 33 heavy (non-hydrogen) atoms. The molecule has 0 bridgehead atoms. The minimum absolute atomic E-state index is 0.000626. The number of nitrogens with one attached hydrogen (secondary N) is 1. The molecule has 1 saturated heterocycles.